The summed E-state index contributed by atoms with van der Waals surface area (Å²) in [5, 5.41) is 11.5. The third-order valence-electron chi connectivity index (χ3n) is 2.89. The van der Waals surface area contributed by atoms with Gasteiger partial charge in [0.25, 0.3) is 0 Å². The van der Waals surface area contributed by atoms with Crippen molar-refractivity contribution in [3.05, 3.63) is 23.9 Å². The molecule has 2 heterocycles. The van der Waals surface area contributed by atoms with Gasteiger partial charge in [-0.2, -0.15) is 5.26 Å². The third-order valence-corrected chi connectivity index (χ3v) is 5.16. The van der Waals surface area contributed by atoms with E-state index in [1.807, 2.05) is 6.07 Å². The lowest BCUT2D eigenvalue weighted by atomic mass is 10.2. The molecular weight excluding hydrogens is 238 g/mol. The van der Waals surface area contributed by atoms with E-state index in [1.54, 1.807) is 18.3 Å². The highest BCUT2D eigenvalue weighted by Gasteiger charge is 2.30. The monoisotopic (exact) mass is 251 g/mol. The first kappa shape index (κ1) is 11.9. The van der Waals surface area contributed by atoms with Crippen molar-refractivity contribution in [2.24, 2.45) is 0 Å². The SMILES string of the molecule is N#Cc1cccnc1NCC1CCCS1(=O)=O. The Kier molecular flexibility index (Phi) is 3.29. The molecule has 0 bridgehead atoms. The molecule has 0 aromatic carbocycles. The Hall–Kier alpha value is -1.61. The molecule has 1 fully saturated rings. The number of aromatic nitrogens is 1. The lowest BCUT2D eigenvalue weighted by Crippen LogP contribution is -2.25. The van der Waals surface area contributed by atoms with Crippen LogP contribution in [0.15, 0.2) is 18.3 Å². The molecule has 0 saturated carbocycles. The molecule has 0 spiro atoms. The maximum atomic E-state index is 11.6. The fourth-order valence-corrected chi connectivity index (χ4v) is 3.70. The lowest BCUT2D eigenvalue weighted by molar-refractivity contribution is 0.591. The zero-order chi connectivity index (χ0) is 12.3. The van der Waals surface area contributed by atoms with E-state index in [9.17, 15) is 8.42 Å². The molecule has 0 radical (unpaired) electrons. The van der Waals surface area contributed by atoms with E-state index in [0.29, 0.717) is 24.3 Å². The van der Waals surface area contributed by atoms with Crippen LogP contribution in [0.2, 0.25) is 0 Å². The minimum absolute atomic E-state index is 0.271. The Morgan fingerprint density at radius 1 is 1.59 bits per heavy atom. The van der Waals surface area contributed by atoms with E-state index in [0.717, 1.165) is 6.42 Å². The van der Waals surface area contributed by atoms with Crippen molar-refractivity contribution >= 4 is 15.7 Å². The summed E-state index contributed by atoms with van der Waals surface area (Å²) in [5.74, 6) is 0.726. The Morgan fingerprint density at radius 3 is 3.06 bits per heavy atom. The minimum Gasteiger partial charge on any atom is -0.368 e. The molecule has 17 heavy (non-hydrogen) atoms. The zero-order valence-electron chi connectivity index (χ0n) is 9.26. The van der Waals surface area contributed by atoms with E-state index in [1.165, 1.54) is 0 Å². The first-order chi connectivity index (χ1) is 8.13. The molecule has 6 heteroatoms. The number of hydrogen-bond donors (Lipinski definition) is 1. The highest BCUT2D eigenvalue weighted by atomic mass is 32.2. The number of pyridine rings is 1. The molecule has 90 valence electrons. The Morgan fingerprint density at radius 2 is 2.41 bits per heavy atom. The van der Waals surface area contributed by atoms with Gasteiger partial charge in [-0.15, -0.1) is 0 Å². The minimum atomic E-state index is -2.95. The maximum Gasteiger partial charge on any atom is 0.154 e. The van der Waals surface area contributed by atoms with Gasteiger partial charge >= 0.3 is 0 Å². The summed E-state index contributed by atoms with van der Waals surface area (Å²) >= 11 is 0. The molecular formula is C11H13N3O2S. The summed E-state index contributed by atoms with van der Waals surface area (Å²) in [6.45, 7) is 0.327. The van der Waals surface area contributed by atoms with Crippen LogP contribution in [0, 0.1) is 11.3 Å². The summed E-state index contributed by atoms with van der Waals surface area (Å²) in [6, 6.07) is 5.35. The molecule has 1 aromatic rings. The molecule has 1 atom stereocenters. The maximum absolute atomic E-state index is 11.6. The number of hydrogen-bond acceptors (Lipinski definition) is 5. The van der Waals surface area contributed by atoms with Gasteiger partial charge < -0.3 is 5.32 Å². The topological polar surface area (TPSA) is 82.8 Å². The molecule has 0 amide bonds. The van der Waals surface area contributed by atoms with Crippen molar-refractivity contribution < 1.29 is 8.42 Å². The van der Waals surface area contributed by atoms with Crippen molar-refractivity contribution in [1.82, 2.24) is 4.98 Å². The Bertz CT molecular complexity index is 548. The van der Waals surface area contributed by atoms with Crippen LogP contribution in [0.3, 0.4) is 0 Å². The van der Waals surface area contributed by atoms with Crippen LogP contribution < -0.4 is 5.32 Å². The molecule has 0 aliphatic carbocycles. The Balaban J connectivity index is 2.06. The van der Waals surface area contributed by atoms with Crippen LogP contribution >= 0.6 is 0 Å². The number of anilines is 1. The lowest BCUT2D eigenvalue weighted by Gasteiger charge is -2.11. The van der Waals surface area contributed by atoms with Gasteiger partial charge in [-0.1, -0.05) is 0 Å². The van der Waals surface area contributed by atoms with Gasteiger partial charge in [0, 0.05) is 12.7 Å². The van der Waals surface area contributed by atoms with Crippen molar-refractivity contribution in [2.45, 2.75) is 18.1 Å². The highest BCUT2D eigenvalue weighted by Crippen LogP contribution is 2.20. The first-order valence-electron chi connectivity index (χ1n) is 5.44. The highest BCUT2D eigenvalue weighted by molar-refractivity contribution is 7.92. The predicted molar refractivity (Wildman–Crippen MR) is 64.3 cm³/mol. The van der Waals surface area contributed by atoms with Gasteiger partial charge in [-0.25, -0.2) is 13.4 Å². The quantitative estimate of drug-likeness (QED) is 0.864. The van der Waals surface area contributed by atoms with E-state index in [-0.39, 0.29) is 11.0 Å². The number of rotatable bonds is 3. The summed E-state index contributed by atoms with van der Waals surface area (Å²) < 4.78 is 23.2. The molecule has 1 saturated heterocycles. The molecule has 1 unspecified atom stereocenters. The molecule has 1 aliphatic rings. The second kappa shape index (κ2) is 4.72. The molecule has 1 N–H and O–H groups in total. The first-order valence-corrected chi connectivity index (χ1v) is 7.15. The largest absolute Gasteiger partial charge is 0.368 e. The number of nitrogens with one attached hydrogen (secondary N) is 1. The van der Waals surface area contributed by atoms with Crippen molar-refractivity contribution in [3.8, 4) is 6.07 Å². The van der Waals surface area contributed by atoms with E-state index in [2.05, 4.69) is 10.3 Å². The van der Waals surface area contributed by atoms with Gasteiger partial charge in [0.1, 0.15) is 11.9 Å². The van der Waals surface area contributed by atoms with Crippen LogP contribution in [-0.4, -0.2) is 30.9 Å². The van der Waals surface area contributed by atoms with Crippen LogP contribution in [-0.2, 0) is 9.84 Å². The number of sulfone groups is 1. The van der Waals surface area contributed by atoms with Gasteiger partial charge in [-0.3, -0.25) is 0 Å². The number of nitrogens with zero attached hydrogens (tertiary/aromatic N) is 2. The molecule has 5 nitrogen and oxygen atoms in total. The average Bonchev–Trinajstić information content (AvgIpc) is 2.66. The normalized spacial score (nSPS) is 21.9. The summed E-state index contributed by atoms with van der Waals surface area (Å²) in [5.41, 5.74) is 0.433. The van der Waals surface area contributed by atoms with Crippen LogP contribution in [0.4, 0.5) is 5.82 Å². The van der Waals surface area contributed by atoms with E-state index < -0.39 is 9.84 Å². The van der Waals surface area contributed by atoms with E-state index in [4.69, 9.17) is 5.26 Å². The van der Waals surface area contributed by atoms with Crippen LogP contribution in [0.5, 0.6) is 0 Å². The van der Waals surface area contributed by atoms with Gasteiger partial charge in [0.2, 0.25) is 0 Å². The van der Waals surface area contributed by atoms with Gasteiger partial charge in [0.05, 0.1) is 16.6 Å². The smallest absolute Gasteiger partial charge is 0.154 e. The number of nitriles is 1. The van der Waals surface area contributed by atoms with Gasteiger partial charge in [-0.05, 0) is 25.0 Å². The van der Waals surface area contributed by atoms with E-state index >= 15 is 0 Å². The summed E-state index contributed by atoms with van der Waals surface area (Å²) in [4.78, 5) is 4.03. The van der Waals surface area contributed by atoms with Crippen LogP contribution in [0.25, 0.3) is 0 Å². The second-order valence-electron chi connectivity index (χ2n) is 4.02. The fourth-order valence-electron chi connectivity index (χ4n) is 1.93. The second-order valence-corrected chi connectivity index (χ2v) is 6.42. The molecule has 2 rings (SSSR count). The predicted octanol–water partition coefficient (Wildman–Crippen LogP) is 0.942. The van der Waals surface area contributed by atoms with Gasteiger partial charge in [0.15, 0.2) is 9.84 Å². The van der Waals surface area contributed by atoms with Crippen LogP contribution in [0.1, 0.15) is 18.4 Å². The molecule has 1 aliphatic heterocycles. The Labute approximate surface area is 100 Å². The average molecular weight is 251 g/mol. The van der Waals surface area contributed by atoms with Crippen molar-refractivity contribution in [2.75, 3.05) is 17.6 Å². The summed E-state index contributed by atoms with van der Waals surface area (Å²) in [7, 11) is -2.95. The van der Waals surface area contributed by atoms with Crippen molar-refractivity contribution in [3.63, 3.8) is 0 Å². The van der Waals surface area contributed by atoms with Crippen molar-refractivity contribution in [1.29, 1.82) is 5.26 Å². The molecule has 1 aromatic heterocycles. The third kappa shape index (κ3) is 2.56. The summed E-state index contributed by atoms with van der Waals surface area (Å²) in [6.07, 6.45) is 2.98. The standard InChI is InChI=1S/C11H13N3O2S/c12-7-9-3-1-5-13-11(9)14-8-10-4-2-6-17(10,15)16/h1,3,5,10H,2,4,6,8H2,(H,13,14). The zero-order valence-corrected chi connectivity index (χ0v) is 10.1. The fraction of sp³-hybridized carbons (Fsp3) is 0.455.